The van der Waals surface area contributed by atoms with Crippen LogP contribution in [0, 0.1) is 0 Å². The summed E-state index contributed by atoms with van der Waals surface area (Å²) in [6.45, 7) is 3.39. The number of para-hydroxylation sites is 1. The van der Waals surface area contributed by atoms with Crippen molar-refractivity contribution < 1.29 is 4.57 Å². The summed E-state index contributed by atoms with van der Waals surface area (Å²) in [5.74, 6) is 0. The molecule has 1 heterocycles. The van der Waals surface area contributed by atoms with E-state index in [0.29, 0.717) is 0 Å². The highest BCUT2D eigenvalue weighted by Gasteiger charge is 2.18. The molecule has 80 valence electrons. The normalized spacial score (nSPS) is 11.1. The molecule has 0 radical (unpaired) electrons. The quantitative estimate of drug-likeness (QED) is 0.580. The lowest BCUT2D eigenvalue weighted by Gasteiger charge is -1.95. The number of aryl methyl sites for hydroxylation is 1. The Kier molecular flexibility index (Phi) is 3.65. The molecule has 3 heteroatoms. The molecule has 0 aliphatic heterocycles. The fourth-order valence-electron chi connectivity index (χ4n) is 1.69. The lowest BCUT2D eigenvalue weighted by Crippen LogP contribution is -2.34. The Labute approximate surface area is 99.1 Å². The average molecular weight is 238 g/mol. The Balaban J connectivity index is 2.47. The van der Waals surface area contributed by atoms with Crippen LogP contribution in [-0.2, 0) is 6.54 Å². The molecule has 0 saturated carbocycles. The monoisotopic (exact) mass is 238 g/mol. The third-order valence-corrected chi connectivity index (χ3v) is 4.76. The molecule has 0 fully saturated rings. The van der Waals surface area contributed by atoms with Crippen LogP contribution in [0.4, 0.5) is 0 Å². The predicted molar refractivity (Wildman–Crippen MR) is 68.7 cm³/mol. The van der Waals surface area contributed by atoms with Gasteiger partial charge in [0.1, 0.15) is 4.70 Å². The van der Waals surface area contributed by atoms with E-state index in [-0.39, 0.29) is 0 Å². The molecule has 1 aromatic carbocycles. The Bertz CT molecular complexity index is 448. The summed E-state index contributed by atoms with van der Waals surface area (Å²) in [4.78, 5) is 0. The minimum atomic E-state index is 1.15. The number of thiazole rings is 1. The molecule has 0 saturated heterocycles. The number of hydrogen-bond donors (Lipinski definition) is 0. The van der Waals surface area contributed by atoms with Crippen molar-refractivity contribution in [3.8, 4) is 0 Å². The van der Waals surface area contributed by atoms with Crippen molar-refractivity contribution in [2.24, 2.45) is 0 Å². The van der Waals surface area contributed by atoms with Crippen LogP contribution in [0.5, 0.6) is 0 Å². The molecule has 0 unspecified atom stereocenters. The summed E-state index contributed by atoms with van der Waals surface area (Å²) in [7, 11) is 0. The van der Waals surface area contributed by atoms with Gasteiger partial charge in [-0.2, -0.15) is 4.57 Å². The van der Waals surface area contributed by atoms with Gasteiger partial charge in [-0.1, -0.05) is 36.8 Å². The third-order valence-electron chi connectivity index (χ3n) is 2.48. The third kappa shape index (κ3) is 2.18. The van der Waals surface area contributed by atoms with Gasteiger partial charge in [-0.15, -0.1) is 0 Å². The van der Waals surface area contributed by atoms with Crippen LogP contribution in [0.25, 0.3) is 10.2 Å². The van der Waals surface area contributed by atoms with Crippen molar-refractivity contribution in [1.82, 2.24) is 0 Å². The van der Waals surface area contributed by atoms with Crippen molar-refractivity contribution in [1.29, 1.82) is 0 Å². The van der Waals surface area contributed by atoms with Crippen molar-refractivity contribution in [2.75, 3.05) is 6.26 Å². The minimum absolute atomic E-state index is 1.15. The van der Waals surface area contributed by atoms with Crippen molar-refractivity contribution in [3.05, 3.63) is 24.3 Å². The Morgan fingerprint density at radius 1 is 1.33 bits per heavy atom. The highest BCUT2D eigenvalue weighted by atomic mass is 32.2. The zero-order chi connectivity index (χ0) is 10.7. The van der Waals surface area contributed by atoms with E-state index < -0.39 is 0 Å². The first-order chi connectivity index (χ1) is 7.36. The molecule has 0 N–H and O–H groups in total. The van der Waals surface area contributed by atoms with Gasteiger partial charge in [0.15, 0.2) is 6.54 Å². The largest absolute Gasteiger partial charge is 0.298 e. The van der Waals surface area contributed by atoms with Gasteiger partial charge in [0.25, 0.3) is 4.34 Å². The first-order valence-corrected chi connectivity index (χ1v) is 7.36. The van der Waals surface area contributed by atoms with Crippen LogP contribution < -0.4 is 4.57 Å². The molecular formula is C12H16NS2+. The predicted octanol–water partition coefficient (Wildman–Crippen LogP) is 3.71. The maximum Gasteiger partial charge on any atom is 0.298 e. The van der Waals surface area contributed by atoms with Crippen LogP contribution in [0.1, 0.15) is 19.8 Å². The van der Waals surface area contributed by atoms with E-state index in [1.54, 1.807) is 0 Å². The van der Waals surface area contributed by atoms with E-state index >= 15 is 0 Å². The van der Waals surface area contributed by atoms with Crippen LogP contribution in [0.2, 0.25) is 0 Å². The number of nitrogens with zero attached hydrogens (tertiary/aromatic N) is 1. The Morgan fingerprint density at radius 3 is 2.87 bits per heavy atom. The first-order valence-electron chi connectivity index (χ1n) is 5.32. The highest BCUT2D eigenvalue weighted by molar-refractivity contribution is 8.00. The zero-order valence-electron chi connectivity index (χ0n) is 9.19. The SMILES string of the molecule is CCCC[n+]1c(SC)sc2ccccc21. The van der Waals surface area contributed by atoms with E-state index in [1.807, 2.05) is 23.1 Å². The molecule has 0 aliphatic rings. The van der Waals surface area contributed by atoms with Crippen LogP contribution >= 0.6 is 23.1 Å². The van der Waals surface area contributed by atoms with Crippen molar-refractivity contribution in [2.45, 2.75) is 30.6 Å². The van der Waals surface area contributed by atoms with Gasteiger partial charge in [0, 0.05) is 12.5 Å². The number of fused-ring (bicyclic) bond motifs is 1. The number of unbranched alkanes of at least 4 members (excludes halogenated alkanes) is 1. The maximum atomic E-state index is 2.45. The number of hydrogen-bond acceptors (Lipinski definition) is 2. The molecular weight excluding hydrogens is 222 g/mol. The standard InChI is InChI=1S/C12H16NS2/c1-3-4-9-13-10-7-5-6-8-11(10)15-12(13)14-2/h5-8H,3-4,9H2,1-2H3/q+1. The van der Waals surface area contributed by atoms with E-state index in [9.17, 15) is 0 Å². The maximum absolute atomic E-state index is 2.45. The summed E-state index contributed by atoms with van der Waals surface area (Å²) in [5, 5.41) is 0. The van der Waals surface area contributed by atoms with Gasteiger partial charge in [-0.05, 0) is 24.1 Å². The minimum Gasteiger partial charge on any atom is -0.176 e. The van der Waals surface area contributed by atoms with Gasteiger partial charge >= 0.3 is 0 Å². The Hall–Kier alpha value is -0.540. The van der Waals surface area contributed by atoms with Gasteiger partial charge in [-0.3, -0.25) is 0 Å². The van der Waals surface area contributed by atoms with E-state index in [4.69, 9.17) is 0 Å². The lowest BCUT2D eigenvalue weighted by molar-refractivity contribution is -0.702. The fraction of sp³-hybridized carbons (Fsp3) is 0.417. The second kappa shape index (κ2) is 4.99. The fourth-order valence-corrected chi connectivity index (χ4v) is 3.62. The van der Waals surface area contributed by atoms with E-state index in [2.05, 4.69) is 42.0 Å². The Morgan fingerprint density at radius 2 is 2.13 bits per heavy atom. The average Bonchev–Trinajstić information content (AvgIpc) is 2.64. The molecule has 0 bridgehead atoms. The summed E-state index contributed by atoms with van der Waals surface area (Å²) >= 11 is 3.75. The molecule has 0 aliphatic carbocycles. The number of benzene rings is 1. The smallest absolute Gasteiger partial charge is 0.176 e. The summed E-state index contributed by atoms with van der Waals surface area (Å²) in [5.41, 5.74) is 1.39. The van der Waals surface area contributed by atoms with Crippen molar-refractivity contribution in [3.63, 3.8) is 0 Å². The molecule has 0 atom stereocenters. The summed E-state index contributed by atoms with van der Waals surface area (Å²) < 4.78 is 5.27. The highest BCUT2D eigenvalue weighted by Crippen LogP contribution is 2.26. The molecule has 1 aromatic heterocycles. The van der Waals surface area contributed by atoms with E-state index in [0.717, 1.165) is 6.54 Å². The molecule has 1 nitrogen and oxygen atoms in total. The lowest BCUT2D eigenvalue weighted by atomic mass is 10.3. The number of aromatic nitrogens is 1. The molecule has 15 heavy (non-hydrogen) atoms. The van der Waals surface area contributed by atoms with Gasteiger partial charge < -0.3 is 0 Å². The van der Waals surface area contributed by atoms with Gasteiger partial charge in [0.2, 0.25) is 5.52 Å². The molecule has 0 amide bonds. The van der Waals surface area contributed by atoms with Crippen molar-refractivity contribution >= 4 is 33.3 Å². The topological polar surface area (TPSA) is 3.88 Å². The number of rotatable bonds is 4. The molecule has 2 rings (SSSR count). The van der Waals surface area contributed by atoms with Crippen LogP contribution in [0.3, 0.4) is 0 Å². The number of thioether (sulfide) groups is 1. The van der Waals surface area contributed by atoms with E-state index in [1.165, 1.54) is 27.4 Å². The molecule has 0 spiro atoms. The van der Waals surface area contributed by atoms with Crippen LogP contribution in [-0.4, -0.2) is 6.26 Å². The summed E-state index contributed by atoms with van der Waals surface area (Å²) in [6.07, 6.45) is 4.68. The first kappa shape index (κ1) is 11.0. The summed E-state index contributed by atoms with van der Waals surface area (Å²) in [6, 6.07) is 8.68. The molecule has 2 aromatic rings. The second-order valence-electron chi connectivity index (χ2n) is 3.55. The van der Waals surface area contributed by atoms with Gasteiger partial charge in [-0.25, -0.2) is 0 Å². The second-order valence-corrected chi connectivity index (χ2v) is 5.63. The van der Waals surface area contributed by atoms with Crippen LogP contribution in [0.15, 0.2) is 28.6 Å². The van der Waals surface area contributed by atoms with Gasteiger partial charge in [0.05, 0.1) is 0 Å². The zero-order valence-corrected chi connectivity index (χ0v) is 10.8.